The normalized spacial score (nSPS) is 9.80. The van der Waals surface area contributed by atoms with Crippen LogP contribution in [0.25, 0.3) is 0 Å². The lowest BCUT2D eigenvalue weighted by Gasteiger charge is -2.07. The quantitative estimate of drug-likeness (QED) is 0.882. The van der Waals surface area contributed by atoms with Gasteiger partial charge in [-0.3, -0.25) is 5.32 Å². The van der Waals surface area contributed by atoms with Crippen molar-refractivity contribution < 1.29 is 19.4 Å². The number of hydrogen-bond donors (Lipinski definition) is 2. The van der Waals surface area contributed by atoms with E-state index < -0.39 is 12.1 Å². The van der Waals surface area contributed by atoms with Gasteiger partial charge in [0, 0.05) is 12.4 Å². The first-order valence-electron chi connectivity index (χ1n) is 5.69. The van der Waals surface area contributed by atoms with E-state index in [0.29, 0.717) is 0 Å². The van der Waals surface area contributed by atoms with Gasteiger partial charge in [0.2, 0.25) is 0 Å². The van der Waals surface area contributed by atoms with Crippen molar-refractivity contribution in [3.05, 3.63) is 54.0 Å². The second-order valence-corrected chi connectivity index (χ2v) is 3.75. The first-order valence-corrected chi connectivity index (χ1v) is 5.69. The van der Waals surface area contributed by atoms with Gasteiger partial charge >= 0.3 is 12.1 Å². The number of carboxylic acids is 1. The average Bonchev–Trinajstić information content (AvgIpc) is 2.46. The molecule has 1 aromatic heterocycles. The van der Waals surface area contributed by atoms with Gasteiger partial charge in [-0.1, -0.05) is 30.3 Å². The fourth-order valence-corrected chi connectivity index (χ4v) is 1.44. The predicted molar refractivity (Wildman–Crippen MR) is 69.2 cm³/mol. The lowest BCUT2D eigenvalue weighted by atomic mass is 10.2. The zero-order valence-electron chi connectivity index (χ0n) is 10.3. The number of anilines is 1. The van der Waals surface area contributed by atoms with Crippen LogP contribution >= 0.6 is 0 Å². The van der Waals surface area contributed by atoms with Crippen molar-refractivity contribution in [3.8, 4) is 0 Å². The van der Waals surface area contributed by atoms with Gasteiger partial charge in [-0.25, -0.2) is 19.6 Å². The topological polar surface area (TPSA) is 101 Å². The molecular formula is C13H11N3O4. The van der Waals surface area contributed by atoms with Crippen LogP contribution in [0.1, 0.15) is 16.1 Å². The summed E-state index contributed by atoms with van der Waals surface area (Å²) in [6.45, 7) is 0.0787. The van der Waals surface area contributed by atoms with Crippen molar-refractivity contribution in [1.82, 2.24) is 9.97 Å². The van der Waals surface area contributed by atoms with Crippen molar-refractivity contribution >= 4 is 17.9 Å². The highest BCUT2D eigenvalue weighted by Crippen LogP contribution is 2.09. The zero-order chi connectivity index (χ0) is 14.4. The number of rotatable bonds is 4. The Kier molecular flexibility index (Phi) is 4.23. The number of benzene rings is 1. The summed E-state index contributed by atoms with van der Waals surface area (Å²) >= 11 is 0. The zero-order valence-corrected chi connectivity index (χ0v) is 10.3. The Morgan fingerprint density at radius 1 is 1.15 bits per heavy atom. The molecule has 0 aliphatic carbocycles. The molecule has 0 aliphatic heterocycles. The number of carbonyl (C=O) groups excluding carboxylic acids is 1. The second-order valence-electron chi connectivity index (χ2n) is 3.75. The molecule has 1 heterocycles. The van der Waals surface area contributed by atoms with E-state index in [4.69, 9.17) is 9.84 Å². The summed E-state index contributed by atoms with van der Waals surface area (Å²) in [6.07, 6.45) is 1.71. The summed E-state index contributed by atoms with van der Waals surface area (Å²) < 4.78 is 4.96. The van der Waals surface area contributed by atoms with E-state index in [1.165, 1.54) is 12.4 Å². The van der Waals surface area contributed by atoms with Crippen LogP contribution < -0.4 is 5.32 Å². The van der Waals surface area contributed by atoms with Crippen molar-refractivity contribution in [2.75, 3.05) is 5.32 Å². The second kappa shape index (κ2) is 6.28. The van der Waals surface area contributed by atoms with Crippen LogP contribution in [-0.2, 0) is 11.3 Å². The predicted octanol–water partition coefficient (Wildman–Crippen LogP) is 1.92. The highest BCUT2D eigenvalue weighted by Gasteiger charge is 2.15. The number of aromatic carboxylic acids is 1. The maximum absolute atomic E-state index is 11.6. The van der Waals surface area contributed by atoms with E-state index >= 15 is 0 Å². The van der Waals surface area contributed by atoms with Crippen LogP contribution in [0.3, 0.4) is 0 Å². The van der Waals surface area contributed by atoms with E-state index in [1.807, 2.05) is 18.2 Å². The fourth-order valence-electron chi connectivity index (χ4n) is 1.44. The van der Waals surface area contributed by atoms with Gasteiger partial charge in [-0.05, 0) is 5.56 Å². The van der Waals surface area contributed by atoms with Crippen molar-refractivity contribution in [1.29, 1.82) is 0 Å². The summed E-state index contributed by atoms with van der Waals surface area (Å²) in [5.41, 5.74) is 0.476. The molecule has 0 spiro atoms. The van der Waals surface area contributed by atoms with E-state index in [1.54, 1.807) is 12.1 Å². The minimum atomic E-state index is -1.28. The Hall–Kier alpha value is -2.96. The highest BCUT2D eigenvalue weighted by molar-refractivity contribution is 5.95. The van der Waals surface area contributed by atoms with Crippen molar-refractivity contribution in [3.63, 3.8) is 0 Å². The largest absolute Gasteiger partial charge is 0.476 e. The van der Waals surface area contributed by atoms with Crippen LogP contribution in [0, 0.1) is 0 Å². The van der Waals surface area contributed by atoms with Gasteiger partial charge < -0.3 is 9.84 Å². The molecular weight excluding hydrogens is 262 g/mol. The van der Waals surface area contributed by atoms with Crippen LogP contribution in [0.4, 0.5) is 10.6 Å². The molecule has 7 heteroatoms. The first kappa shape index (κ1) is 13.5. The Labute approximate surface area is 114 Å². The van der Waals surface area contributed by atoms with E-state index in [0.717, 1.165) is 5.56 Å². The molecule has 7 nitrogen and oxygen atoms in total. The lowest BCUT2D eigenvalue weighted by Crippen LogP contribution is -2.18. The standard InChI is InChI=1S/C13H11N3O4/c17-12(18)10-11(15-7-6-14-10)16-13(19)20-8-9-4-2-1-3-5-9/h1-7H,8H2,(H,17,18)(H,15,16,19). The summed E-state index contributed by atoms with van der Waals surface area (Å²) in [7, 11) is 0. The molecule has 0 bridgehead atoms. The lowest BCUT2D eigenvalue weighted by molar-refractivity contribution is 0.0691. The highest BCUT2D eigenvalue weighted by atomic mass is 16.5. The molecule has 102 valence electrons. The van der Waals surface area contributed by atoms with Gasteiger partial charge in [0.25, 0.3) is 0 Å². The van der Waals surface area contributed by atoms with Gasteiger partial charge in [0.1, 0.15) is 6.61 Å². The molecule has 0 saturated carbocycles. The SMILES string of the molecule is O=C(Nc1nccnc1C(=O)O)OCc1ccccc1. The minimum absolute atomic E-state index is 0.0787. The molecule has 0 atom stereocenters. The first-order chi connectivity index (χ1) is 9.66. The third-order valence-electron chi connectivity index (χ3n) is 2.33. The van der Waals surface area contributed by atoms with Crippen LogP contribution in [0.15, 0.2) is 42.7 Å². The Bertz CT molecular complexity index is 616. The number of hydrogen-bond acceptors (Lipinski definition) is 5. The maximum Gasteiger partial charge on any atom is 0.413 e. The molecule has 2 N–H and O–H groups in total. The summed E-state index contributed by atoms with van der Waals surface area (Å²) in [6, 6.07) is 9.10. The van der Waals surface area contributed by atoms with Crippen LogP contribution in [-0.4, -0.2) is 27.1 Å². The van der Waals surface area contributed by atoms with E-state index in [9.17, 15) is 9.59 Å². The van der Waals surface area contributed by atoms with Gasteiger partial charge in [0.15, 0.2) is 11.5 Å². The Balaban J connectivity index is 1.97. The summed E-state index contributed by atoms with van der Waals surface area (Å²) in [4.78, 5) is 29.8. The van der Waals surface area contributed by atoms with Gasteiger partial charge in [-0.2, -0.15) is 0 Å². The monoisotopic (exact) mass is 273 g/mol. The third kappa shape index (κ3) is 3.52. The van der Waals surface area contributed by atoms with Crippen LogP contribution in [0.5, 0.6) is 0 Å². The van der Waals surface area contributed by atoms with Crippen molar-refractivity contribution in [2.45, 2.75) is 6.61 Å². The minimum Gasteiger partial charge on any atom is -0.476 e. The molecule has 1 amide bonds. The smallest absolute Gasteiger partial charge is 0.413 e. The molecule has 0 unspecified atom stereocenters. The number of aromatic nitrogens is 2. The van der Waals surface area contributed by atoms with Gasteiger partial charge in [0.05, 0.1) is 0 Å². The molecule has 0 aliphatic rings. The van der Waals surface area contributed by atoms with E-state index in [-0.39, 0.29) is 18.1 Å². The number of nitrogens with zero attached hydrogens (tertiary/aromatic N) is 2. The van der Waals surface area contributed by atoms with Crippen molar-refractivity contribution in [2.24, 2.45) is 0 Å². The number of nitrogens with one attached hydrogen (secondary N) is 1. The van der Waals surface area contributed by atoms with Gasteiger partial charge in [-0.15, -0.1) is 0 Å². The molecule has 0 fully saturated rings. The fraction of sp³-hybridized carbons (Fsp3) is 0.0769. The number of carbonyl (C=O) groups is 2. The Morgan fingerprint density at radius 3 is 2.55 bits per heavy atom. The Morgan fingerprint density at radius 2 is 1.85 bits per heavy atom. The maximum atomic E-state index is 11.6. The number of amides is 1. The summed E-state index contributed by atoms with van der Waals surface area (Å²) in [5.74, 6) is -1.44. The molecule has 2 rings (SSSR count). The average molecular weight is 273 g/mol. The molecule has 0 saturated heterocycles. The molecule has 2 aromatic rings. The molecule has 0 radical (unpaired) electrons. The number of carboxylic acid groups (broad SMARTS) is 1. The van der Waals surface area contributed by atoms with E-state index in [2.05, 4.69) is 15.3 Å². The summed E-state index contributed by atoms with van der Waals surface area (Å²) in [5, 5.41) is 11.1. The third-order valence-corrected chi connectivity index (χ3v) is 2.33. The molecule has 20 heavy (non-hydrogen) atoms. The molecule has 1 aromatic carbocycles. The van der Waals surface area contributed by atoms with Crippen LogP contribution in [0.2, 0.25) is 0 Å². The number of ether oxygens (including phenoxy) is 1.